The Labute approximate surface area is 266 Å². The maximum Gasteiger partial charge on any atom is 0.326 e. The molecule has 0 spiro atoms. The number of carboxylic acids is 1. The van der Waals surface area contributed by atoms with Crippen molar-refractivity contribution in [1.82, 2.24) is 31.5 Å². The lowest BCUT2D eigenvalue weighted by atomic mass is 10.0. The van der Waals surface area contributed by atoms with Crippen molar-refractivity contribution < 1.29 is 33.9 Å². The van der Waals surface area contributed by atoms with Crippen LogP contribution in [0.25, 0.3) is 0 Å². The molecule has 0 aromatic carbocycles. The number of carbonyl (C=O) groups is 6. The van der Waals surface area contributed by atoms with Gasteiger partial charge >= 0.3 is 5.97 Å². The molecule has 0 aromatic rings. The SMILES string of the molecule is CC(C)C[C@H](NC(=O)[C@H](C)NC(=O)[C@H](CC(C)C)NC(=O)[C@@H]1CCCN1C(=O)[C@H](CCCCN)NC(=O)[C@@H]1CCCN1)C(=O)O. The molecule has 2 aliphatic heterocycles. The third kappa shape index (κ3) is 12.2. The molecule has 0 unspecified atom stereocenters. The molecule has 2 rings (SSSR count). The van der Waals surface area contributed by atoms with Crippen molar-refractivity contribution in [3.63, 3.8) is 0 Å². The molecule has 2 saturated heterocycles. The van der Waals surface area contributed by atoms with Gasteiger partial charge in [0.05, 0.1) is 6.04 Å². The molecule has 45 heavy (non-hydrogen) atoms. The van der Waals surface area contributed by atoms with Crippen LogP contribution in [0.2, 0.25) is 0 Å². The van der Waals surface area contributed by atoms with Gasteiger partial charge in [0, 0.05) is 6.54 Å². The Morgan fingerprint density at radius 1 is 0.800 bits per heavy atom. The number of carbonyl (C=O) groups excluding carboxylic acids is 5. The van der Waals surface area contributed by atoms with Crippen molar-refractivity contribution in [1.29, 1.82) is 0 Å². The summed E-state index contributed by atoms with van der Waals surface area (Å²) in [5.41, 5.74) is 5.65. The molecule has 0 aromatic heterocycles. The van der Waals surface area contributed by atoms with Crippen LogP contribution in [0.1, 0.15) is 92.4 Å². The fraction of sp³-hybridized carbons (Fsp3) is 0.806. The zero-order chi connectivity index (χ0) is 33.7. The molecule has 0 saturated carbocycles. The molecule has 6 atom stereocenters. The van der Waals surface area contributed by atoms with Crippen LogP contribution in [0.4, 0.5) is 0 Å². The quantitative estimate of drug-likeness (QED) is 0.101. The highest BCUT2D eigenvalue weighted by Gasteiger charge is 2.39. The zero-order valence-corrected chi connectivity index (χ0v) is 27.5. The Balaban J connectivity index is 2.10. The van der Waals surface area contributed by atoms with Crippen LogP contribution < -0.4 is 32.3 Å². The molecule has 14 nitrogen and oxygen atoms in total. The summed E-state index contributed by atoms with van der Waals surface area (Å²) in [5, 5.41) is 23.4. The summed E-state index contributed by atoms with van der Waals surface area (Å²) in [6, 6.07) is -5.07. The minimum atomic E-state index is -1.16. The van der Waals surface area contributed by atoms with E-state index in [4.69, 9.17) is 5.73 Å². The predicted molar refractivity (Wildman–Crippen MR) is 169 cm³/mol. The third-order valence-electron chi connectivity index (χ3n) is 8.19. The Hall–Kier alpha value is -3.26. The molecular weight excluding hydrogens is 582 g/mol. The second-order valence-electron chi connectivity index (χ2n) is 13.1. The number of likely N-dealkylation sites (tertiary alicyclic amines) is 1. The number of aliphatic carboxylic acids is 1. The molecule has 8 N–H and O–H groups in total. The van der Waals surface area contributed by atoms with E-state index in [2.05, 4.69) is 26.6 Å². The Kier molecular flexibility index (Phi) is 15.7. The summed E-state index contributed by atoms with van der Waals surface area (Å²) < 4.78 is 0. The van der Waals surface area contributed by atoms with Gasteiger partial charge in [0.2, 0.25) is 29.5 Å². The summed E-state index contributed by atoms with van der Waals surface area (Å²) in [4.78, 5) is 79.3. The monoisotopic (exact) mass is 637 g/mol. The molecule has 0 aliphatic carbocycles. The standard InChI is InChI=1S/C31H55N7O7/c1-18(2)16-23(28(41)34-20(5)26(39)37-24(31(44)45)17-19(3)4)36-29(42)25-12-9-15-38(25)30(43)22(10-6-7-13-32)35-27(40)21-11-8-14-33-21/h18-25,33H,6-17,32H2,1-5H3,(H,34,41)(H,35,40)(H,36,42)(H,37,39)(H,44,45)/t20-,21-,22-,23-,24-,25-/m0/s1. The molecular formula is C31H55N7O7. The summed E-state index contributed by atoms with van der Waals surface area (Å²) in [7, 11) is 0. The summed E-state index contributed by atoms with van der Waals surface area (Å²) in [5.74, 6) is -3.38. The fourth-order valence-corrected chi connectivity index (χ4v) is 5.77. The topological polar surface area (TPSA) is 212 Å². The molecule has 14 heteroatoms. The van der Waals surface area contributed by atoms with Crippen LogP contribution in [0.5, 0.6) is 0 Å². The Morgan fingerprint density at radius 3 is 2.02 bits per heavy atom. The second-order valence-corrected chi connectivity index (χ2v) is 13.1. The van der Waals surface area contributed by atoms with Crippen LogP contribution in [0.3, 0.4) is 0 Å². The molecule has 256 valence electrons. The summed E-state index contributed by atoms with van der Waals surface area (Å²) in [6.45, 7) is 10.5. The van der Waals surface area contributed by atoms with E-state index < -0.39 is 53.9 Å². The molecule has 0 bridgehead atoms. The van der Waals surface area contributed by atoms with Crippen LogP contribution in [-0.2, 0) is 28.8 Å². The first-order valence-corrected chi connectivity index (χ1v) is 16.4. The second kappa shape index (κ2) is 18.6. The average molecular weight is 638 g/mol. The number of nitrogens with zero attached hydrogens (tertiary/aromatic N) is 1. The highest BCUT2D eigenvalue weighted by Crippen LogP contribution is 2.21. The van der Waals surface area contributed by atoms with Gasteiger partial charge in [0.15, 0.2) is 0 Å². The minimum absolute atomic E-state index is 0.0141. The number of carboxylic acid groups (broad SMARTS) is 1. The lowest BCUT2D eigenvalue weighted by molar-refractivity contribution is -0.143. The van der Waals surface area contributed by atoms with Crippen molar-refractivity contribution >= 4 is 35.5 Å². The molecule has 0 radical (unpaired) electrons. The zero-order valence-electron chi connectivity index (χ0n) is 27.5. The van der Waals surface area contributed by atoms with Crippen LogP contribution in [-0.4, -0.2) is 101 Å². The molecule has 5 amide bonds. The number of nitrogens with one attached hydrogen (secondary N) is 5. The van der Waals surface area contributed by atoms with E-state index in [-0.39, 0.29) is 42.5 Å². The fourth-order valence-electron chi connectivity index (χ4n) is 5.77. The normalized spacial score (nSPS) is 20.8. The number of hydrogen-bond acceptors (Lipinski definition) is 8. The van der Waals surface area contributed by atoms with Crippen LogP contribution >= 0.6 is 0 Å². The van der Waals surface area contributed by atoms with Gasteiger partial charge < -0.3 is 42.3 Å². The summed E-state index contributed by atoms with van der Waals surface area (Å²) >= 11 is 0. The predicted octanol–water partition coefficient (Wildman–Crippen LogP) is -0.00570. The van der Waals surface area contributed by atoms with Gasteiger partial charge in [-0.2, -0.15) is 0 Å². The van der Waals surface area contributed by atoms with Crippen molar-refractivity contribution in [2.24, 2.45) is 17.6 Å². The van der Waals surface area contributed by atoms with E-state index in [0.29, 0.717) is 51.6 Å². The van der Waals surface area contributed by atoms with E-state index in [1.54, 1.807) is 0 Å². The Morgan fingerprint density at radius 2 is 1.44 bits per heavy atom. The first-order valence-electron chi connectivity index (χ1n) is 16.4. The first-order chi connectivity index (χ1) is 21.2. The van der Waals surface area contributed by atoms with Crippen LogP contribution in [0.15, 0.2) is 0 Å². The number of nitrogens with two attached hydrogens (primary N) is 1. The van der Waals surface area contributed by atoms with Gasteiger partial charge in [0.1, 0.15) is 30.2 Å². The lowest BCUT2D eigenvalue weighted by Crippen LogP contribution is -2.58. The van der Waals surface area contributed by atoms with Gasteiger partial charge in [-0.25, -0.2) is 4.79 Å². The number of rotatable bonds is 18. The van der Waals surface area contributed by atoms with E-state index in [1.165, 1.54) is 11.8 Å². The minimum Gasteiger partial charge on any atom is -0.480 e. The Bertz CT molecular complexity index is 1030. The van der Waals surface area contributed by atoms with Gasteiger partial charge in [-0.05, 0) is 89.6 Å². The largest absolute Gasteiger partial charge is 0.480 e. The summed E-state index contributed by atoms with van der Waals surface area (Å²) in [6.07, 6.45) is 4.84. The van der Waals surface area contributed by atoms with Gasteiger partial charge in [-0.3, -0.25) is 24.0 Å². The van der Waals surface area contributed by atoms with Gasteiger partial charge in [0.25, 0.3) is 0 Å². The highest BCUT2D eigenvalue weighted by molar-refractivity contribution is 5.96. The number of hydrogen-bond donors (Lipinski definition) is 7. The van der Waals surface area contributed by atoms with Gasteiger partial charge in [-0.15, -0.1) is 0 Å². The average Bonchev–Trinajstić information content (AvgIpc) is 3.68. The first kappa shape index (κ1) is 37.9. The maximum absolute atomic E-state index is 13.7. The lowest BCUT2D eigenvalue weighted by Gasteiger charge is -2.31. The van der Waals surface area contributed by atoms with Crippen molar-refractivity contribution in [3.8, 4) is 0 Å². The van der Waals surface area contributed by atoms with E-state index >= 15 is 0 Å². The van der Waals surface area contributed by atoms with Crippen LogP contribution in [0, 0.1) is 11.8 Å². The molecule has 2 fully saturated rings. The van der Waals surface area contributed by atoms with Crippen molar-refractivity contribution in [3.05, 3.63) is 0 Å². The maximum atomic E-state index is 13.7. The van der Waals surface area contributed by atoms with E-state index in [1.807, 2.05) is 27.7 Å². The van der Waals surface area contributed by atoms with E-state index in [9.17, 15) is 33.9 Å². The van der Waals surface area contributed by atoms with E-state index in [0.717, 1.165) is 13.0 Å². The van der Waals surface area contributed by atoms with Gasteiger partial charge in [-0.1, -0.05) is 27.7 Å². The molecule has 2 aliphatic rings. The van der Waals surface area contributed by atoms with Crippen molar-refractivity contribution in [2.45, 2.75) is 129 Å². The highest BCUT2D eigenvalue weighted by atomic mass is 16.4. The van der Waals surface area contributed by atoms with Crippen molar-refractivity contribution in [2.75, 3.05) is 19.6 Å². The number of unbranched alkanes of at least 4 members (excludes halogenated alkanes) is 1. The molecule has 2 heterocycles. The number of amides is 5. The third-order valence-corrected chi connectivity index (χ3v) is 8.19. The smallest absolute Gasteiger partial charge is 0.326 e.